The van der Waals surface area contributed by atoms with Crippen molar-refractivity contribution in [1.29, 1.82) is 0 Å². The van der Waals surface area contributed by atoms with E-state index in [1.54, 1.807) is 7.11 Å². The highest BCUT2D eigenvalue weighted by Crippen LogP contribution is 2.19. The Morgan fingerprint density at radius 2 is 2.06 bits per heavy atom. The highest BCUT2D eigenvalue weighted by molar-refractivity contribution is 5.58. The molecule has 2 aromatic rings. The second-order valence-electron chi connectivity index (χ2n) is 3.74. The summed E-state index contributed by atoms with van der Waals surface area (Å²) in [7, 11) is 1.65. The summed E-state index contributed by atoms with van der Waals surface area (Å²) in [5.74, 6) is 0.837. The molecule has 90 valence electrons. The molecule has 1 aromatic heterocycles. The maximum Gasteiger partial charge on any atom is 0.118 e. The highest BCUT2D eigenvalue weighted by atomic mass is 16.5. The maximum absolute atomic E-state index is 5.45. The topological polar surface area (TPSA) is 66.0 Å². The van der Waals surface area contributed by atoms with Crippen molar-refractivity contribution < 1.29 is 4.74 Å². The molecule has 1 heterocycles. The maximum atomic E-state index is 5.45. The molecule has 2 N–H and O–H groups in total. The fourth-order valence-electron chi connectivity index (χ4n) is 1.56. The number of aromatic nitrogens is 3. The Morgan fingerprint density at radius 1 is 1.29 bits per heavy atom. The molecule has 0 fully saturated rings. The van der Waals surface area contributed by atoms with E-state index in [9.17, 15) is 0 Å². The van der Waals surface area contributed by atoms with E-state index in [0.29, 0.717) is 6.54 Å². The number of rotatable bonds is 5. The predicted octanol–water partition coefficient (Wildman–Crippen LogP) is 1.30. The van der Waals surface area contributed by atoms with Gasteiger partial charge in [-0.25, -0.2) is 0 Å². The number of benzene rings is 1. The number of nitrogens with zero attached hydrogens (tertiary/aromatic N) is 3. The molecule has 1 aromatic carbocycles. The zero-order chi connectivity index (χ0) is 12.1. The first-order valence-corrected chi connectivity index (χ1v) is 5.58. The van der Waals surface area contributed by atoms with E-state index in [-0.39, 0.29) is 0 Å². The Hall–Kier alpha value is -1.88. The van der Waals surface area contributed by atoms with Crippen LogP contribution < -0.4 is 10.5 Å². The lowest BCUT2D eigenvalue weighted by molar-refractivity contribution is 0.415. The second kappa shape index (κ2) is 5.45. The summed E-state index contributed by atoms with van der Waals surface area (Å²) in [4.78, 5) is 0. The molecule has 2 rings (SSSR count). The Bertz CT molecular complexity index is 464. The number of nitrogens with two attached hydrogens (primary N) is 1. The van der Waals surface area contributed by atoms with Crippen LogP contribution in [0.15, 0.2) is 30.5 Å². The van der Waals surface area contributed by atoms with Crippen LogP contribution >= 0.6 is 0 Å². The molecule has 0 aliphatic heterocycles. The zero-order valence-corrected chi connectivity index (χ0v) is 9.84. The molecular formula is C12H16N4O. The van der Waals surface area contributed by atoms with Crippen LogP contribution in [0.3, 0.4) is 0 Å². The predicted molar refractivity (Wildman–Crippen MR) is 65.7 cm³/mol. The van der Waals surface area contributed by atoms with Crippen LogP contribution in [0.1, 0.15) is 6.42 Å². The van der Waals surface area contributed by atoms with Crippen molar-refractivity contribution in [3.8, 4) is 17.0 Å². The smallest absolute Gasteiger partial charge is 0.118 e. The molecule has 0 spiro atoms. The molecular weight excluding hydrogens is 216 g/mol. The molecule has 0 saturated heterocycles. The van der Waals surface area contributed by atoms with Crippen LogP contribution in [0.2, 0.25) is 0 Å². The van der Waals surface area contributed by atoms with Gasteiger partial charge in [-0.1, -0.05) is 5.21 Å². The van der Waals surface area contributed by atoms with Crippen LogP contribution in [0.4, 0.5) is 0 Å². The molecule has 0 radical (unpaired) electrons. The van der Waals surface area contributed by atoms with Crippen LogP contribution in [-0.4, -0.2) is 28.6 Å². The molecule has 0 aliphatic rings. The van der Waals surface area contributed by atoms with E-state index in [2.05, 4.69) is 10.3 Å². The second-order valence-corrected chi connectivity index (χ2v) is 3.74. The SMILES string of the molecule is COc1ccc(-c2cn(CCCN)nn2)cc1. The third kappa shape index (κ3) is 2.82. The lowest BCUT2D eigenvalue weighted by atomic mass is 10.2. The van der Waals surface area contributed by atoms with Gasteiger partial charge in [-0.15, -0.1) is 5.10 Å². The van der Waals surface area contributed by atoms with Crippen LogP contribution in [-0.2, 0) is 6.54 Å². The standard InChI is InChI=1S/C12H16N4O/c1-17-11-5-3-10(4-6-11)12-9-16(15-14-12)8-2-7-13/h3-6,9H,2,7-8,13H2,1H3. The van der Waals surface area contributed by atoms with Crippen molar-refractivity contribution in [2.75, 3.05) is 13.7 Å². The summed E-state index contributed by atoms with van der Waals surface area (Å²) in [6.07, 6.45) is 2.84. The highest BCUT2D eigenvalue weighted by Gasteiger charge is 2.03. The molecule has 0 amide bonds. The van der Waals surface area contributed by atoms with Crippen molar-refractivity contribution in [3.63, 3.8) is 0 Å². The fraction of sp³-hybridized carbons (Fsp3) is 0.333. The summed E-state index contributed by atoms with van der Waals surface area (Å²) in [5.41, 5.74) is 7.35. The van der Waals surface area contributed by atoms with E-state index in [1.165, 1.54) is 0 Å². The average molecular weight is 232 g/mol. The molecule has 0 unspecified atom stereocenters. The van der Waals surface area contributed by atoms with Gasteiger partial charge in [-0.3, -0.25) is 4.68 Å². The monoisotopic (exact) mass is 232 g/mol. The van der Waals surface area contributed by atoms with Gasteiger partial charge in [0.15, 0.2) is 0 Å². The first-order valence-electron chi connectivity index (χ1n) is 5.58. The van der Waals surface area contributed by atoms with Gasteiger partial charge in [0.25, 0.3) is 0 Å². The van der Waals surface area contributed by atoms with Crippen LogP contribution in [0.5, 0.6) is 5.75 Å². The van der Waals surface area contributed by atoms with Gasteiger partial charge in [0.05, 0.1) is 13.3 Å². The molecule has 0 aliphatic carbocycles. The third-order valence-corrected chi connectivity index (χ3v) is 2.52. The zero-order valence-electron chi connectivity index (χ0n) is 9.84. The number of aryl methyl sites for hydroxylation is 1. The Balaban J connectivity index is 2.12. The minimum Gasteiger partial charge on any atom is -0.497 e. The lowest BCUT2D eigenvalue weighted by Crippen LogP contribution is -2.06. The quantitative estimate of drug-likeness (QED) is 0.844. The lowest BCUT2D eigenvalue weighted by Gasteiger charge is -2.00. The van der Waals surface area contributed by atoms with E-state index in [1.807, 2.05) is 35.1 Å². The Labute approximate surface area is 100 Å². The fourth-order valence-corrected chi connectivity index (χ4v) is 1.56. The molecule has 5 nitrogen and oxygen atoms in total. The molecule has 0 atom stereocenters. The number of ether oxygens (including phenoxy) is 1. The molecule has 0 saturated carbocycles. The number of hydrogen-bond acceptors (Lipinski definition) is 4. The van der Waals surface area contributed by atoms with E-state index in [4.69, 9.17) is 10.5 Å². The van der Waals surface area contributed by atoms with Gasteiger partial charge in [0, 0.05) is 12.1 Å². The van der Waals surface area contributed by atoms with Crippen molar-refractivity contribution in [2.24, 2.45) is 5.73 Å². The van der Waals surface area contributed by atoms with E-state index < -0.39 is 0 Å². The Morgan fingerprint density at radius 3 is 2.71 bits per heavy atom. The normalized spacial score (nSPS) is 10.5. The third-order valence-electron chi connectivity index (χ3n) is 2.52. The number of hydrogen-bond donors (Lipinski definition) is 1. The summed E-state index contributed by atoms with van der Waals surface area (Å²) < 4.78 is 6.92. The van der Waals surface area contributed by atoms with Crippen molar-refractivity contribution in [2.45, 2.75) is 13.0 Å². The Kier molecular flexibility index (Phi) is 3.72. The molecule has 0 bridgehead atoms. The van der Waals surface area contributed by atoms with Gasteiger partial charge < -0.3 is 10.5 Å². The molecule has 5 heteroatoms. The summed E-state index contributed by atoms with van der Waals surface area (Å²) >= 11 is 0. The van der Waals surface area contributed by atoms with Gasteiger partial charge in [-0.05, 0) is 37.2 Å². The van der Waals surface area contributed by atoms with Gasteiger partial charge in [0.2, 0.25) is 0 Å². The van der Waals surface area contributed by atoms with Crippen molar-refractivity contribution in [3.05, 3.63) is 30.5 Å². The van der Waals surface area contributed by atoms with Crippen molar-refractivity contribution >= 4 is 0 Å². The minimum atomic E-state index is 0.664. The number of methoxy groups -OCH3 is 1. The van der Waals surface area contributed by atoms with Crippen molar-refractivity contribution in [1.82, 2.24) is 15.0 Å². The van der Waals surface area contributed by atoms with Gasteiger partial charge in [-0.2, -0.15) is 0 Å². The molecule has 17 heavy (non-hydrogen) atoms. The average Bonchev–Trinajstić information content (AvgIpc) is 2.85. The largest absolute Gasteiger partial charge is 0.497 e. The van der Waals surface area contributed by atoms with Crippen LogP contribution in [0, 0.1) is 0 Å². The first kappa shape index (κ1) is 11.6. The summed E-state index contributed by atoms with van der Waals surface area (Å²) in [6.45, 7) is 1.47. The summed E-state index contributed by atoms with van der Waals surface area (Å²) in [6, 6.07) is 7.76. The van der Waals surface area contributed by atoms with E-state index in [0.717, 1.165) is 30.0 Å². The van der Waals surface area contributed by atoms with E-state index >= 15 is 0 Å². The van der Waals surface area contributed by atoms with Gasteiger partial charge in [0.1, 0.15) is 11.4 Å². The van der Waals surface area contributed by atoms with Crippen LogP contribution in [0.25, 0.3) is 11.3 Å². The van der Waals surface area contributed by atoms with Gasteiger partial charge >= 0.3 is 0 Å². The first-order chi connectivity index (χ1) is 8.33. The minimum absolute atomic E-state index is 0.664. The summed E-state index contributed by atoms with van der Waals surface area (Å²) in [5, 5.41) is 8.18.